The van der Waals surface area contributed by atoms with E-state index in [1.54, 1.807) is 11.3 Å². The molecule has 1 aliphatic carbocycles. The van der Waals surface area contributed by atoms with E-state index >= 15 is 0 Å². The van der Waals surface area contributed by atoms with Crippen molar-refractivity contribution in [2.45, 2.75) is 82.3 Å². The van der Waals surface area contributed by atoms with Crippen molar-refractivity contribution in [2.75, 3.05) is 0 Å². The summed E-state index contributed by atoms with van der Waals surface area (Å²) in [6.07, 6.45) is 12.4. The number of piperidine rings is 1. The minimum absolute atomic E-state index is 0. The first-order valence-electron chi connectivity index (χ1n) is 8.96. The number of halogens is 1. The molecule has 5 heteroatoms. The second kappa shape index (κ2) is 7.54. The first kappa shape index (κ1) is 17.2. The molecule has 3 aliphatic rings. The van der Waals surface area contributed by atoms with Crippen LogP contribution in [0.2, 0.25) is 0 Å². The Balaban J connectivity index is 0.00000156. The number of hydrogen-bond donors (Lipinski definition) is 2. The molecular formula is C18H27ClN2OS. The van der Waals surface area contributed by atoms with E-state index in [1.165, 1.54) is 55.4 Å². The fourth-order valence-corrected chi connectivity index (χ4v) is 5.54. The number of rotatable bonds is 2. The summed E-state index contributed by atoms with van der Waals surface area (Å²) >= 11 is 1.74. The summed E-state index contributed by atoms with van der Waals surface area (Å²) in [5, 5.41) is 6.95. The number of nitrogens with one attached hydrogen (secondary N) is 2. The highest BCUT2D eigenvalue weighted by Gasteiger charge is 2.34. The van der Waals surface area contributed by atoms with Gasteiger partial charge in [0.05, 0.1) is 4.88 Å². The van der Waals surface area contributed by atoms with Gasteiger partial charge in [0.25, 0.3) is 5.91 Å². The van der Waals surface area contributed by atoms with Crippen molar-refractivity contribution in [2.24, 2.45) is 0 Å². The van der Waals surface area contributed by atoms with Gasteiger partial charge in [0.15, 0.2) is 0 Å². The normalized spacial score (nSPS) is 29.8. The zero-order valence-corrected chi connectivity index (χ0v) is 15.2. The fourth-order valence-electron chi connectivity index (χ4n) is 4.39. The van der Waals surface area contributed by atoms with Crippen molar-refractivity contribution < 1.29 is 4.79 Å². The average molecular weight is 355 g/mol. The molecule has 2 unspecified atom stereocenters. The monoisotopic (exact) mass is 354 g/mol. The van der Waals surface area contributed by atoms with Crippen LogP contribution < -0.4 is 10.6 Å². The van der Waals surface area contributed by atoms with Gasteiger partial charge in [-0.1, -0.05) is 12.8 Å². The van der Waals surface area contributed by atoms with E-state index in [4.69, 9.17) is 0 Å². The SMILES string of the molecule is Cl.O=C(NC1CC2CCC(C1)N2)c1cc2c(s1)CCCCCC2. The molecule has 23 heavy (non-hydrogen) atoms. The molecule has 3 nitrogen and oxygen atoms in total. The van der Waals surface area contributed by atoms with Crippen LogP contribution in [0.4, 0.5) is 0 Å². The highest BCUT2D eigenvalue weighted by atomic mass is 35.5. The molecule has 0 aromatic carbocycles. The van der Waals surface area contributed by atoms with Crippen molar-refractivity contribution in [1.29, 1.82) is 0 Å². The summed E-state index contributed by atoms with van der Waals surface area (Å²) in [7, 11) is 0. The lowest BCUT2D eigenvalue weighted by molar-refractivity contribution is 0.0928. The van der Waals surface area contributed by atoms with Gasteiger partial charge in [0.1, 0.15) is 0 Å². The number of thiophene rings is 1. The van der Waals surface area contributed by atoms with Crippen molar-refractivity contribution in [3.05, 3.63) is 21.4 Å². The molecule has 1 aromatic heterocycles. The van der Waals surface area contributed by atoms with Crippen LogP contribution in [0.25, 0.3) is 0 Å². The van der Waals surface area contributed by atoms with E-state index in [1.807, 2.05) is 0 Å². The number of aryl methyl sites for hydroxylation is 2. The van der Waals surface area contributed by atoms with Crippen molar-refractivity contribution in [3.63, 3.8) is 0 Å². The number of fused-ring (bicyclic) bond motifs is 3. The van der Waals surface area contributed by atoms with Crippen LogP contribution in [-0.4, -0.2) is 24.0 Å². The summed E-state index contributed by atoms with van der Waals surface area (Å²) in [6, 6.07) is 3.81. The Morgan fingerprint density at radius 3 is 2.52 bits per heavy atom. The molecule has 2 aliphatic heterocycles. The van der Waals surface area contributed by atoms with E-state index < -0.39 is 0 Å². The zero-order chi connectivity index (χ0) is 14.9. The Bertz CT molecular complexity index is 522. The van der Waals surface area contributed by atoms with Crippen LogP contribution >= 0.6 is 23.7 Å². The number of carbonyl (C=O) groups excluding carboxylic acids is 1. The van der Waals surface area contributed by atoms with Gasteiger partial charge in [-0.05, 0) is 63.0 Å². The highest BCUT2D eigenvalue weighted by Crippen LogP contribution is 2.30. The Kier molecular flexibility index (Phi) is 5.65. The van der Waals surface area contributed by atoms with Gasteiger partial charge >= 0.3 is 0 Å². The molecule has 3 heterocycles. The Morgan fingerprint density at radius 2 is 1.78 bits per heavy atom. The van der Waals surface area contributed by atoms with Gasteiger partial charge in [-0.2, -0.15) is 0 Å². The van der Waals surface area contributed by atoms with Crippen molar-refractivity contribution in [1.82, 2.24) is 10.6 Å². The molecule has 1 amide bonds. The van der Waals surface area contributed by atoms with E-state index in [9.17, 15) is 4.79 Å². The standard InChI is InChI=1S/C18H26N2OS.ClH/c21-18(20-15-10-13-7-8-14(11-15)19-13)17-9-12-5-3-1-2-4-6-16(12)22-17;/h9,13-15,19H,1-8,10-11H2,(H,20,21);1H. The van der Waals surface area contributed by atoms with E-state index in [2.05, 4.69) is 16.7 Å². The summed E-state index contributed by atoms with van der Waals surface area (Å²) < 4.78 is 0. The summed E-state index contributed by atoms with van der Waals surface area (Å²) in [6.45, 7) is 0. The van der Waals surface area contributed by atoms with Gasteiger partial charge in [-0.15, -0.1) is 23.7 Å². The Labute approximate surface area is 149 Å². The minimum atomic E-state index is 0. The van der Waals surface area contributed by atoms with Crippen LogP contribution in [0.5, 0.6) is 0 Å². The molecular weight excluding hydrogens is 328 g/mol. The molecule has 0 spiro atoms. The van der Waals surface area contributed by atoms with Gasteiger partial charge in [-0.25, -0.2) is 0 Å². The largest absolute Gasteiger partial charge is 0.348 e. The second-order valence-electron chi connectivity index (χ2n) is 7.25. The molecule has 1 aromatic rings. The Morgan fingerprint density at radius 1 is 1.09 bits per heavy atom. The first-order chi connectivity index (χ1) is 10.8. The fraction of sp³-hybridized carbons (Fsp3) is 0.722. The maximum Gasteiger partial charge on any atom is 0.261 e. The molecule has 0 saturated carbocycles. The summed E-state index contributed by atoms with van der Waals surface area (Å²) in [5.41, 5.74) is 1.44. The molecule has 128 valence electrons. The van der Waals surface area contributed by atoms with Crippen LogP contribution in [0.15, 0.2) is 6.07 Å². The highest BCUT2D eigenvalue weighted by molar-refractivity contribution is 7.14. The van der Waals surface area contributed by atoms with E-state index in [-0.39, 0.29) is 18.3 Å². The molecule has 2 saturated heterocycles. The van der Waals surface area contributed by atoms with Gasteiger partial charge in [-0.3, -0.25) is 4.79 Å². The molecule has 2 bridgehead atoms. The van der Waals surface area contributed by atoms with Crippen molar-refractivity contribution in [3.8, 4) is 0 Å². The summed E-state index contributed by atoms with van der Waals surface area (Å²) in [5.74, 6) is 0.169. The van der Waals surface area contributed by atoms with E-state index in [0.717, 1.165) is 24.1 Å². The molecule has 2 atom stereocenters. The Hall–Kier alpha value is -0.580. The van der Waals surface area contributed by atoms with Gasteiger partial charge < -0.3 is 10.6 Å². The van der Waals surface area contributed by atoms with Crippen LogP contribution in [0.3, 0.4) is 0 Å². The van der Waals surface area contributed by atoms with Crippen molar-refractivity contribution >= 4 is 29.7 Å². The summed E-state index contributed by atoms with van der Waals surface area (Å²) in [4.78, 5) is 15.0. The second-order valence-corrected chi connectivity index (χ2v) is 8.39. The third-order valence-corrected chi connectivity index (χ3v) is 6.76. The lowest BCUT2D eigenvalue weighted by atomic mass is 9.99. The average Bonchev–Trinajstić information content (AvgIpc) is 3.02. The topological polar surface area (TPSA) is 41.1 Å². The number of hydrogen-bond acceptors (Lipinski definition) is 3. The zero-order valence-electron chi connectivity index (χ0n) is 13.6. The van der Waals surface area contributed by atoms with Crippen LogP contribution in [0.1, 0.15) is 71.5 Å². The molecule has 2 fully saturated rings. The van der Waals surface area contributed by atoms with Gasteiger partial charge in [0, 0.05) is 23.0 Å². The molecule has 4 rings (SSSR count). The van der Waals surface area contributed by atoms with E-state index in [0.29, 0.717) is 18.1 Å². The third kappa shape index (κ3) is 3.92. The minimum Gasteiger partial charge on any atom is -0.348 e. The number of amides is 1. The molecule has 0 radical (unpaired) electrons. The first-order valence-corrected chi connectivity index (χ1v) is 9.78. The predicted octanol–water partition coefficient (Wildman–Crippen LogP) is 3.84. The lowest BCUT2D eigenvalue weighted by Gasteiger charge is -2.29. The smallest absolute Gasteiger partial charge is 0.261 e. The quantitative estimate of drug-likeness (QED) is 0.847. The van der Waals surface area contributed by atoms with Crippen LogP contribution in [-0.2, 0) is 12.8 Å². The predicted molar refractivity (Wildman–Crippen MR) is 97.9 cm³/mol. The number of carbonyl (C=O) groups is 1. The van der Waals surface area contributed by atoms with Gasteiger partial charge in [0.2, 0.25) is 0 Å². The lowest BCUT2D eigenvalue weighted by Crippen LogP contribution is -2.47. The molecule has 2 N–H and O–H groups in total. The van der Waals surface area contributed by atoms with Crippen LogP contribution in [0, 0.1) is 0 Å². The third-order valence-electron chi connectivity index (χ3n) is 5.53. The maximum atomic E-state index is 12.6. The maximum absolute atomic E-state index is 12.6.